The van der Waals surface area contributed by atoms with E-state index in [1.807, 2.05) is 20.8 Å². The predicted octanol–water partition coefficient (Wildman–Crippen LogP) is 2.44. The van der Waals surface area contributed by atoms with Crippen LogP contribution in [0, 0.1) is 12.8 Å². The van der Waals surface area contributed by atoms with Gasteiger partial charge in [-0.05, 0) is 51.5 Å². The molecule has 0 heterocycles. The van der Waals surface area contributed by atoms with Crippen molar-refractivity contribution in [2.75, 3.05) is 5.32 Å². The van der Waals surface area contributed by atoms with E-state index >= 15 is 0 Å². The average Bonchev–Trinajstić information content (AvgIpc) is 2.30. The first-order chi connectivity index (χ1) is 8.81. The van der Waals surface area contributed by atoms with Crippen LogP contribution in [0.25, 0.3) is 0 Å². The van der Waals surface area contributed by atoms with E-state index in [-0.39, 0.29) is 6.10 Å². The SMILES string of the molecule is Cc1cc(OC(C)C)ccc1NC(=O)C(C)C(=O)O. The summed E-state index contributed by atoms with van der Waals surface area (Å²) in [6.45, 7) is 7.04. The van der Waals surface area contributed by atoms with Crippen molar-refractivity contribution in [1.82, 2.24) is 0 Å². The molecule has 104 valence electrons. The van der Waals surface area contributed by atoms with Crippen molar-refractivity contribution in [3.05, 3.63) is 23.8 Å². The Morgan fingerprint density at radius 3 is 2.37 bits per heavy atom. The molecule has 0 aliphatic heterocycles. The number of aryl methyl sites for hydroxylation is 1. The van der Waals surface area contributed by atoms with Crippen molar-refractivity contribution in [3.8, 4) is 5.75 Å². The fourth-order valence-electron chi connectivity index (χ4n) is 1.48. The van der Waals surface area contributed by atoms with Crippen LogP contribution >= 0.6 is 0 Å². The maximum Gasteiger partial charge on any atom is 0.315 e. The molecule has 1 amide bonds. The van der Waals surface area contributed by atoms with Gasteiger partial charge in [-0.2, -0.15) is 0 Å². The first-order valence-corrected chi connectivity index (χ1v) is 6.12. The normalized spacial score (nSPS) is 12.1. The molecule has 5 nitrogen and oxygen atoms in total. The van der Waals surface area contributed by atoms with Gasteiger partial charge in [0.15, 0.2) is 0 Å². The summed E-state index contributed by atoms with van der Waals surface area (Å²) in [4.78, 5) is 22.4. The minimum absolute atomic E-state index is 0.0758. The van der Waals surface area contributed by atoms with E-state index in [2.05, 4.69) is 5.32 Å². The molecule has 19 heavy (non-hydrogen) atoms. The van der Waals surface area contributed by atoms with E-state index in [1.54, 1.807) is 18.2 Å². The Balaban J connectivity index is 2.80. The number of hydrogen-bond donors (Lipinski definition) is 2. The molecule has 1 atom stereocenters. The van der Waals surface area contributed by atoms with Gasteiger partial charge in [-0.1, -0.05) is 0 Å². The molecule has 0 spiro atoms. The van der Waals surface area contributed by atoms with E-state index in [4.69, 9.17) is 9.84 Å². The Bertz CT molecular complexity index is 482. The van der Waals surface area contributed by atoms with Gasteiger partial charge in [-0.25, -0.2) is 0 Å². The summed E-state index contributed by atoms with van der Waals surface area (Å²) in [5.41, 5.74) is 1.42. The third kappa shape index (κ3) is 4.28. The van der Waals surface area contributed by atoms with Gasteiger partial charge in [0.1, 0.15) is 11.7 Å². The van der Waals surface area contributed by atoms with Crippen LogP contribution in [0.1, 0.15) is 26.3 Å². The van der Waals surface area contributed by atoms with Crippen LogP contribution in [0.3, 0.4) is 0 Å². The second-order valence-electron chi connectivity index (χ2n) is 4.69. The summed E-state index contributed by atoms with van der Waals surface area (Å²) < 4.78 is 5.53. The summed E-state index contributed by atoms with van der Waals surface area (Å²) in [6.07, 6.45) is 0.0758. The lowest BCUT2D eigenvalue weighted by molar-refractivity contribution is -0.144. The highest BCUT2D eigenvalue weighted by molar-refractivity contribution is 6.04. The molecular formula is C14H19NO4. The highest BCUT2D eigenvalue weighted by Crippen LogP contribution is 2.22. The van der Waals surface area contributed by atoms with Gasteiger partial charge in [-0.15, -0.1) is 0 Å². The van der Waals surface area contributed by atoms with Crippen molar-refractivity contribution in [2.24, 2.45) is 5.92 Å². The molecule has 0 saturated carbocycles. The second-order valence-corrected chi connectivity index (χ2v) is 4.69. The number of amides is 1. The van der Waals surface area contributed by atoms with E-state index in [0.29, 0.717) is 5.69 Å². The molecule has 1 unspecified atom stereocenters. The fraction of sp³-hybridized carbons (Fsp3) is 0.429. The standard InChI is InChI=1S/C14H19NO4/c1-8(2)19-11-5-6-12(9(3)7-11)15-13(16)10(4)14(17)18/h5-8,10H,1-4H3,(H,15,16)(H,17,18). The second kappa shape index (κ2) is 6.22. The molecule has 1 rings (SSSR count). The number of aliphatic carboxylic acids is 1. The molecule has 2 N–H and O–H groups in total. The number of ether oxygens (including phenoxy) is 1. The molecule has 0 saturated heterocycles. The van der Waals surface area contributed by atoms with Crippen molar-refractivity contribution in [3.63, 3.8) is 0 Å². The van der Waals surface area contributed by atoms with Crippen LogP contribution in [0.15, 0.2) is 18.2 Å². The van der Waals surface area contributed by atoms with Crippen LogP contribution in [-0.2, 0) is 9.59 Å². The number of hydrogen-bond acceptors (Lipinski definition) is 3. The van der Waals surface area contributed by atoms with Crippen molar-refractivity contribution in [2.45, 2.75) is 33.8 Å². The molecule has 0 aromatic heterocycles. The summed E-state index contributed by atoms with van der Waals surface area (Å²) in [7, 11) is 0. The smallest absolute Gasteiger partial charge is 0.315 e. The van der Waals surface area contributed by atoms with Crippen LogP contribution < -0.4 is 10.1 Å². The number of carbonyl (C=O) groups is 2. The van der Waals surface area contributed by atoms with E-state index in [0.717, 1.165) is 11.3 Å². The largest absolute Gasteiger partial charge is 0.491 e. The molecule has 0 bridgehead atoms. The summed E-state index contributed by atoms with van der Waals surface area (Å²) >= 11 is 0. The number of anilines is 1. The Hall–Kier alpha value is -2.04. The number of carbonyl (C=O) groups excluding carboxylic acids is 1. The maximum atomic E-state index is 11.6. The lowest BCUT2D eigenvalue weighted by atomic mass is 10.1. The van der Waals surface area contributed by atoms with E-state index < -0.39 is 17.8 Å². The van der Waals surface area contributed by atoms with Gasteiger partial charge in [0, 0.05) is 5.69 Å². The van der Waals surface area contributed by atoms with Crippen molar-refractivity contribution < 1.29 is 19.4 Å². The van der Waals surface area contributed by atoms with Gasteiger partial charge in [-0.3, -0.25) is 9.59 Å². The quantitative estimate of drug-likeness (QED) is 0.802. The van der Waals surface area contributed by atoms with Gasteiger partial charge in [0.05, 0.1) is 6.10 Å². The van der Waals surface area contributed by atoms with Gasteiger partial charge < -0.3 is 15.2 Å². The van der Waals surface area contributed by atoms with Gasteiger partial charge in [0.2, 0.25) is 5.91 Å². The molecule has 0 fully saturated rings. The Morgan fingerprint density at radius 1 is 1.26 bits per heavy atom. The fourth-order valence-corrected chi connectivity index (χ4v) is 1.48. The molecule has 0 aliphatic rings. The molecule has 5 heteroatoms. The number of nitrogens with one attached hydrogen (secondary N) is 1. The molecular weight excluding hydrogens is 246 g/mol. The zero-order valence-corrected chi connectivity index (χ0v) is 11.6. The van der Waals surface area contributed by atoms with Gasteiger partial charge in [0.25, 0.3) is 0 Å². The number of carboxylic acids is 1. The van der Waals surface area contributed by atoms with Crippen LogP contribution in [0.2, 0.25) is 0 Å². The summed E-state index contributed by atoms with van der Waals surface area (Å²) in [5, 5.41) is 11.4. The molecule has 1 aromatic rings. The van der Waals surface area contributed by atoms with Crippen molar-refractivity contribution in [1.29, 1.82) is 0 Å². The highest BCUT2D eigenvalue weighted by atomic mass is 16.5. The van der Waals surface area contributed by atoms with E-state index in [9.17, 15) is 9.59 Å². The van der Waals surface area contributed by atoms with Crippen LogP contribution in [0.5, 0.6) is 5.75 Å². The Labute approximate surface area is 112 Å². The lowest BCUT2D eigenvalue weighted by Gasteiger charge is -2.14. The first-order valence-electron chi connectivity index (χ1n) is 6.12. The minimum atomic E-state index is -1.14. The number of benzene rings is 1. The van der Waals surface area contributed by atoms with E-state index in [1.165, 1.54) is 6.92 Å². The third-order valence-electron chi connectivity index (χ3n) is 2.59. The van der Waals surface area contributed by atoms with Crippen LogP contribution in [0.4, 0.5) is 5.69 Å². The summed E-state index contributed by atoms with van der Waals surface area (Å²) in [6, 6.07) is 5.26. The number of rotatable bonds is 5. The minimum Gasteiger partial charge on any atom is -0.491 e. The maximum absolute atomic E-state index is 11.6. The Kier molecular flexibility index (Phi) is 4.92. The summed E-state index contributed by atoms with van der Waals surface area (Å²) in [5.74, 6) is -2.04. The monoisotopic (exact) mass is 265 g/mol. The Morgan fingerprint density at radius 2 is 1.89 bits per heavy atom. The zero-order chi connectivity index (χ0) is 14.6. The van der Waals surface area contributed by atoms with Gasteiger partial charge >= 0.3 is 5.97 Å². The third-order valence-corrected chi connectivity index (χ3v) is 2.59. The average molecular weight is 265 g/mol. The predicted molar refractivity (Wildman–Crippen MR) is 72.4 cm³/mol. The molecule has 0 aliphatic carbocycles. The molecule has 0 radical (unpaired) electrons. The highest BCUT2D eigenvalue weighted by Gasteiger charge is 2.20. The van der Waals surface area contributed by atoms with Crippen LogP contribution in [-0.4, -0.2) is 23.1 Å². The molecule has 1 aromatic carbocycles. The van der Waals surface area contributed by atoms with Crippen molar-refractivity contribution >= 4 is 17.6 Å². The topological polar surface area (TPSA) is 75.6 Å². The lowest BCUT2D eigenvalue weighted by Crippen LogP contribution is -2.27. The number of carboxylic acid groups (broad SMARTS) is 1. The first kappa shape index (κ1) is 15.0. The zero-order valence-electron chi connectivity index (χ0n) is 11.6.